The summed E-state index contributed by atoms with van der Waals surface area (Å²) in [6, 6.07) is 0. The number of carbonyl (C=O) groups excluding carboxylic acids is 2. The fourth-order valence-electron chi connectivity index (χ4n) is 5.56. The van der Waals surface area contributed by atoms with Crippen LogP contribution in [0.3, 0.4) is 0 Å². The highest BCUT2D eigenvalue weighted by molar-refractivity contribution is 5.95. The van der Waals surface area contributed by atoms with Gasteiger partial charge in [0.15, 0.2) is 5.78 Å². The average Bonchev–Trinajstić information content (AvgIpc) is 2.49. The largest absolute Gasteiger partial charge is 0.478 e. The van der Waals surface area contributed by atoms with Crippen LogP contribution in [0.25, 0.3) is 0 Å². The third-order valence-corrected chi connectivity index (χ3v) is 6.52. The quantitative estimate of drug-likeness (QED) is 0.551. The number of esters is 1. The minimum absolute atomic E-state index is 0.00167. The molecule has 0 aliphatic heterocycles. The first-order valence-electron chi connectivity index (χ1n) is 9.75. The lowest BCUT2D eigenvalue weighted by molar-refractivity contribution is -0.140. The molecule has 150 valence electrons. The first-order chi connectivity index (χ1) is 12.5. The fourth-order valence-corrected chi connectivity index (χ4v) is 5.56. The van der Waals surface area contributed by atoms with Crippen LogP contribution in [0.4, 0.5) is 0 Å². The third-order valence-electron chi connectivity index (χ3n) is 6.52. The Balaban J connectivity index is 2.25. The number of aliphatic carboxylic acids is 1. The lowest BCUT2D eigenvalue weighted by Crippen LogP contribution is -2.52. The van der Waals surface area contributed by atoms with Crippen LogP contribution >= 0.6 is 0 Å². The summed E-state index contributed by atoms with van der Waals surface area (Å²) in [6.07, 6.45) is 7.38. The van der Waals surface area contributed by atoms with Crippen LogP contribution in [0.2, 0.25) is 0 Å². The van der Waals surface area contributed by atoms with Gasteiger partial charge in [0, 0.05) is 18.9 Å². The summed E-state index contributed by atoms with van der Waals surface area (Å²) in [5, 5.41) is 9.11. The number of rotatable bonds is 6. The van der Waals surface area contributed by atoms with Crippen molar-refractivity contribution in [2.45, 2.75) is 66.7 Å². The van der Waals surface area contributed by atoms with Crippen molar-refractivity contribution in [1.82, 2.24) is 0 Å². The van der Waals surface area contributed by atoms with Gasteiger partial charge in [-0.3, -0.25) is 9.59 Å². The number of carboxylic acid groups (broad SMARTS) is 1. The second-order valence-electron chi connectivity index (χ2n) is 9.08. The van der Waals surface area contributed by atoms with Crippen LogP contribution < -0.4 is 0 Å². The molecular formula is C22H32O5. The van der Waals surface area contributed by atoms with Crippen LogP contribution in [0, 0.1) is 22.7 Å². The molecule has 2 rings (SSSR count). The lowest BCUT2D eigenvalue weighted by atomic mass is 9.48. The molecule has 5 nitrogen and oxygen atoms in total. The van der Waals surface area contributed by atoms with Gasteiger partial charge in [-0.1, -0.05) is 32.8 Å². The first kappa shape index (κ1) is 21.4. The second kappa shape index (κ2) is 7.99. The molecule has 1 saturated carbocycles. The molecule has 0 aromatic rings. The molecule has 0 aromatic carbocycles. The van der Waals surface area contributed by atoms with Crippen LogP contribution in [0.1, 0.15) is 66.7 Å². The summed E-state index contributed by atoms with van der Waals surface area (Å²) in [4.78, 5) is 35.1. The summed E-state index contributed by atoms with van der Waals surface area (Å²) in [5.74, 6) is -1.02. The van der Waals surface area contributed by atoms with Gasteiger partial charge in [-0.2, -0.15) is 0 Å². The third kappa shape index (κ3) is 4.69. The van der Waals surface area contributed by atoms with Gasteiger partial charge in [0.2, 0.25) is 0 Å². The van der Waals surface area contributed by atoms with Crippen LogP contribution in [0.5, 0.6) is 0 Å². The van der Waals surface area contributed by atoms with Crippen molar-refractivity contribution in [3.63, 3.8) is 0 Å². The summed E-state index contributed by atoms with van der Waals surface area (Å²) in [5.41, 5.74) is 1.53. The molecule has 0 spiro atoms. The Hall–Kier alpha value is -1.91. The maximum atomic E-state index is 12.8. The number of fused-ring (bicyclic) bond motifs is 1. The normalized spacial score (nSPS) is 30.3. The summed E-state index contributed by atoms with van der Waals surface area (Å²) in [7, 11) is 0. The van der Waals surface area contributed by atoms with Gasteiger partial charge in [-0.25, -0.2) is 4.79 Å². The molecule has 1 fully saturated rings. The van der Waals surface area contributed by atoms with Crippen molar-refractivity contribution in [1.29, 1.82) is 0 Å². The van der Waals surface area contributed by atoms with Crippen LogP contribution in [0.15, 0.2) is 23.3 Å². The number of carboxylic acids is 1. The summed E-state index contributed by atoms with van der Waals surface area (Å²) < 4.78 is 5.01. The number of carbonyl (C=O) groups is 3. The molecule has 3 atom stereocenters. The van der Waals surface area contributed by atoms with E-state index < -0.39 is 11.9 Å². The van der Waals surface area contributed by atoms with Gasteiger partial charge in [0.05, 0.1) is 0 Å². The van der Waals surface area contributed by atoms with Gasteiger partial charge < -0.3 is 9.84 Å². The Bertz CT molecular complexity index is 685. The van der Waals surface area contributed by atoms with E-state index in [0.29, 0.717) is 12.0 Å². The second-order valence-corrected chi connectivity index (χ2v) is 9.08. The number of hydrogen-bond acceptors (Lipinski definition) is 4. The molecule has 2 aliphatic carbocycles. The molecule has 0 bridgehead atoms. The predicted octanol–water partition coefficient (Wildman–Crippen LogP) is 4.32. The minimum Gasteiger partial charge on any atom is -0.478 e. The van der Waals surface area contributed by atoms with Crippen molar-refractivity contribution in [3.05, 3.63) is 23.3 Å². The minimum atomic E-state index is -1.04. The zero-order valence-corrected chi connectivity index (χ0v) is 17.1. The highest BCUT2D eigenvalue weighted by atomic mass is 16.5. The fraction of sp³-hybridized carbons (Fsp3) is 0.682. The Morgan fingerprint density at radius 3 is 2.56 bits per heavy atom. The number of allylic oxidation sites excluding steroid dienone is 2. The number of hydrogen-bond donors (Lipinski definition) is 1. The molecule has 0 saturated heterocycles. The topological polar surface area (TPSA) is 80.7 Å². The Kier molecular flexibility index (Phi) is 6.33. The van der Waals surface area contributed by atoms with Gasteiger partial charge >= 0.3 is 11.9 Å². The molecule has 1 N–H and O–H groups in total. The Morgan fingerprint density at radius 2 is 1.96 bits per heavy atom. The summed E-state index contributed by atoms with van der Waals surface area (Å²) >= 11 is 0. The van der Waals surface area contributed by atoms with Gasteiger partial charge in [0.1, 0.15) is 6.61 Å². The van der Waals surface area contributed by atoms with Gasteiger partial charge in [-0.15, -0.1) is 0 Å². The van der Waals surface area contributed by atoms with E-state index in [1.807, 2.05) is 6.92 Å². The maximum Gasteiger partial charge on any atom is 0.328 e. The monoisotopic (exact) mass is 376 g/mol. The molecule has 0 radical (unpaired) electrons. The molecule has 0 amide bonds. The van der Waals surface area contributed by atoms with E-state index in [1.165, 1.54) is 6.92 Å². The van der Waals surface area contributed by atoms with Gasteiger partial charge in [-0.05, 0) is 61.0 Å². The summed E-state index contributed by atoms with van der Waals surface area (Å²) in [6.45, 7) is 9.93. The van der Waals surface area contributed by atoms with Crippen molar-refractivity contribution in [2.24, 2.45) is 22.7 Å². The predicted molar refractivity (Wildman–Crippen MR) is 103 cm³/mol. The number of ketones is 1. The van der Waals surface area contributed by atoms with E-state index in [1.54, 1.807) is 6.08 Å². The first-order valence-corrected chi connectivity index (χ1v) is 9.75. The van der Waals surface area contributed by atoms with E-state index in [2.05, 4.69) is 20.8 Å². The molecular weight excluding hydrogens is 344 g/mol. The molecule has 2 aliphatic rings. The lowest BCUT2D eigenvalue weighted by Gasteiger charge is -2.55. The van der Waals surface area contributed by atoms with Gasteiger partial charge in [0.25, 0.3) is 0 Å². The van der Waals surface area contributed by atoms with E-state index in [0.717, 1.165) is 37.3 Å². The molecule has 3 unspecified atom stereocenters. The SMILES string of the molecule is CC(=O)OCC(=CC(=O)O)CCC1C(C)=CC(=O)C2C(C)(C)CCCC12C. The van der Waals surface area contributed by atoms with Crippen LogP contribution in [-0.2, 0) is 19.1 Å². The Labute approximate surface area is 161 Å². The highest BCUT2D eigenvalue weighted by Gasteiger charge is 2.55. The number of ether oxygens (including phenoxy) is 1. The molecule has 5 heteroatoms. The van der Waals surface area contributed by atoms with Crippen molar-refractivity contribution in [2.75, 3.05) is 6.61 Å². The van der Waals surface area contributed by atoms with Crippen LogP contribution in [-0.4, -0.2) is 29.4 Å². The van der Waals surface area contributed by atoms with E-state index >= 15 is 0 Å². The maximum absolute atomic E-state index is 12.8. The van der Waals surface area contributed by atoms with E-state index in [9.17, 15) is 14.4 Å². The van der Waals surface area contributed by atoms with Crippen molar-refractivity contribution < 1.29 is 24.2 Å². The molecule has 0 aromatic heterocycles. The average molecular weight is 376 g/mol. The molecule has 0 heterocycles. The van der Waals surface area contributed by atoms with Crippen molar-refractivity contribution in [3.8, 4) is 0 Å². The zero-order chi connectivity index (χ0) is 20.4. The standard InChI is InChI=1S/C22H32O5/c1-14-11-18(24)20-21(3,4)9-6-10-22(20,5)17(14)8-7-16(12-19(25)26)13-27-15(2)23/h11-12,17,20H,6-10,13H2,1-5H3,(H,25,26). The van der Waals surface area contributed by atoms with E-state index in [-0.39, 0.29) is 35.1 Å². The highest BCUT2D eigenvalue weighted by Crippen LogP contribution is 2.59. The Morgan fingerprint density at radius 1 is 1.30 bits per heavy atom. The smallest absolute Gasteiger partial charge is 0.328 e. The zero-order valence-electron chi connectivity index (χ0n) is 17.1. The van der Waals surface area contributed by atoms with Crippen molar-refractivity contribution >= 4 is 17.7 Å². The molecule has 27 heavy (non-hydrogen) atoms. The van der Waals surface area contributed by atoms with E-state index in [4.69, 9.17) is 9.84 Å².